The minimum atomic E-state index is 0.0927. The van der Waals surface area contributed by atoms with Crippen molar-refractivity contribution in [2.24, 2.45) is 0 Å². The van der Waals surface area contributed by atoms with E-state index >= 15 is 0 Å². The highest BCUT2D eigenvalue weighted by molar-refractivity contribution is 5.76. The van der Waals surface area contributed by atoms with Crippen molar-refractivity contribution < 1.29 is 9.53 Å². The van der Waals surface area contributed by atoms with E-state index in [0.29, 0.717) is 19.6 Å². The number of amides is 1. The molecule has 18 heavy (non-hydrogen) atoms. The topological polar surface area (TPSA) is 55.6 Å². The number of rotatable bonds is 6. The number of nitrogens with zero attached hydrogens (tertiary/aromatic N) is 1. The summed E-state index contributed by atoms with van der Waals surface area (Å²) < 4.78 is 4.94. The summed E-state index contributed by atoms with van der Waals surface area (Å²) in [6.45, 7) is 5.01. The molecule has 0 bridgehead atoms. The summed E-state index contributed by atoms with van der Waals surface area (Å²) in [5, 5.41) is 0. The average Bonchev–Trinajstić information content (AvgIpc) is 2.34. The summed E-state index contributed by atoms with van der Waals surface area (Å²) in [6, 6.07) is 7.78. The van der Waals surface area contributed by atoms with Gasteiger partial charge in [-0.25, -0.2) is 0 Å². The molecule has 0 saturated carbocycles. The Labute approximate surface area is 109 Å². The number of methoxy groups -OCH3 is 1. The molecule has 0 aliphatic carbocycles. The molecule has 0 spiro atoms. The van der Waals surface area contributed by atoms with Crippen molar-refractivity contribution in [2.75, 3.05) is 19.5 Å². The molecule has 0 saturated heterocycles. The molecule has 0 aromatic heterocycles. The maximum Gasteiger partial charge on any atom is 0.225 e. The average molecular weight is 250 g/mol. The molecule has 4 nitrogen and oxygen atoms in total. The molecule has 1 aromatic carbocycles. The maximum absolute atomic E-state index is 12.1. The van der Waals surface area contributed by atoms with Gasteiger partial charge in [0.1, 0.15) is 0 Å². The minimum Gasteiger partial charge on any atom is -0.398 e. The largest absolute Gasteiger partial charge is 0.398 e. The molecular weight excluding hydrogens is 228 g/mol. The molecule has 100 valence electrons. The number of benzene rings is 1. The molecule has 4 heteroatoms. The zero-order valence-corrected chi connectivity index (χ0v) is 11.3. The lowest BCUT2D eigenvalue weighted by atomic mass is 10.1. The molecule has 0 aliphatic heterocycles. The smallest absolute Gasteiger partial charge is 0.225 e. The summed E-state index contributed by atoms with van der Waals surface area (Å²) in [5.41, 5.74) is 7.61. The fraction of sp³-hybridized carbons (Fsp3) is 0.500. The standard InChI is InChI=1S/C14H22N2O2/c1-11(2)16(14(17)8-9-18-3)10-12-6-4-5-7-13(12)15/h4-7,11H,8-10,15H2,1-3H3. The first-order valence-corrected chi connectivity index (χ1v) is 6.18. The van der Waals surface area contributed by atoms with Crippen LogP contribution in [0, 0.1) is 0 Å². The van der Waals surface area contributed by atoms with E-state index in [1.807, 2.05) is 43.0 Å². The van der Waals surface area contributed by atoms with Crippen LogP contribution in [-0.2, 0) is 16.1 Å². The van der Waals surface area contributed by atoms with Crippen LogP contribution in [0.1, 0.15) is 25.8 Å². The van der Waals surface area contributed by atoms with Crippen LogP contribution in [0.25, 0.3) is 0 Å². The van der Waals surface area contributed by atoms with Gasteiger partial charge >= 0.3 is 0 Å². The summed E-state index contributed by atoms with van der Waals surface area (Å²) in [6.07, 6.45) is 0.404. The lowest BCUT2D eigenvalue weighted by molar-refractivity contribution is -0.134. The van der Waals surface area contributed by atoms with E-state index in [-0.39, 0.29) is 11.9 Å². The molecule has 0 unspecified atom stereocenters. The van der Waals surface area contributed by atoms with Gasteiger partial charge in [0.05, 0.1) is 13.0 Å². The molecule has 0 fully saturated rings. The number of nitrogen functional groups attached to an aromatic ring is 1. The van der Waals surface area contributed by atoms with Crippen molar-refractivity contribution in [3.63, 3.8) is 0 Å². The summed E-state index contributed by atoms with van der Waals surface area (Å²) in [7, 11) is 1.60. The molecule has 0 aliphatic rings. The van der Waals surface area contributed by atoms with Gasteiger partial charge in [0.15, 0.2) is 0 Å². The maximum atomic E-state index is 12.1. The van der Waals surface area contributed by atoms with Crippen LogP contribution in [-0.4, -0.2) is 30.6 Å². The van der Waals surface area contributed by atoms with Crippen LogP contribution in [0.2, 0.25) is 0 Å². The van der Waals surface area contributed by atoms with E-state index in [9.17, 15) is 4.79 Å². The Morgan fingerprint density at radius 2 is 2.06 bits per heavy atom. The lowest BCUT2D eigenvalue weighted by Gasteiger charge is -2.27. The Balaban J connectivity index is 2.75. The SMILES string of the molecule is COCCC(=O)N(Cc1ccccc1N)C(C)C. The second-order valence-electron chi connectivity index (χ2n) is 4.56. The van der Waals surface area contributed by atoms with Gasteiger partial charge in [-0.2, -0.15) is 0 Å². The highest BCUT2D eigenvalue weighted by Crippen LogP contribution is 2.16. The summed E-state index contributed by atoms with van der Waals surface area (Å²) in [4.78, 5) is 13.9. The Hall–Kier alpha value is -1.55. The molecular formula is C14H22N2O2. The second kappa shape index (κ2) is 7.01. The highest BCUT2D eigenvalue weighted by atomic mass is 16.5. The van der Waals surface area contributed by atoms with Crippen LogP contribution in [0.15, 0.2) is 24.3 Å². The van der Waals surface area contributed by atoms with E-state index in [2.05, 4.69) is 0 Å². The Morgan fingerprint density at radius 3 is 2.61 bits per heavy atom. The number of hydrogen-bond donors (Lipinski definition) is 1. The van der Waals surface area contributed by atoms with Gasteiger partial charge in [0, 0.05) is 25.4 Å². The van der Waals surface area contributed by atoms with Crippen LogP contribution < -0.4 is 5.73 Å². The number of ether oxygens (including phenoxy) is 1. The zero-order valence-electron chi connectivity index (χ0n) is 11.3. The second-order valence-corrected chi connectivity index (χ2v) is 4.56. The van der Waals surface area contributed by atoms with Crippen molar-refractivity contribution in [3.8, 4) is 0 Å². The van der Waals surface area contributed by atoms with E-state index in [4.69, 9.17) is 10.5 Å². The van der Waals surface area contributed by atoms with Crippen LogP contribution in [0.4, 0.5) is 5.69 Å². The Kier molecular flexibility index (Phi) is 5.65. The highest BCUT2D eigenvalue weighted by Gasteiger charge is 2.17. The van der Waals surface area contributed by atoms with Crippen molar-refractivity contribution in [1.82, 2.24) is 4.90 Å². The first-order chi connectivity index (χ1) is 8.56. The number of hydrogen-bond acceptors (Lipinski definition) is 3. The molecule has 2 N–H and O–H groups in total. The number of carbonyl (C=O) groups excluding carboxylic acids is 1. The third-order valence-electron chi connectivity index (χ3n) is 2.86. The van der Waals surface area contributed by atoms with Crippen LogP contribution in [0.5, 0.6) is 0 Å². The third-order valence-corrected chi connectivity index (χ3v) is 2.86. The fourth-order valence-electron chi connectivity index (χ4n) is 1.75. The normalized spacial score (nSPS) is 10.7. The van der Waals surface area contributed by atoms with Crippen LogP contribution in [0.3, 0.4) is 0 Å². The van der Waals surface area contributed by atoms with Gasteiger partial charge in [0.25, 0.3) is 0 Å². The molecule has 0 atom stereocenters. The van der Waals surface area contributed by atoms with Gasteiger partial charge in [-0.3, -0.25) is 4.79 Å². The first-order valence-electron chi connectivity index (χ1n) is 6.18. The monoisotopic (exact) mass is 250 g/mol. The quantitative estimate of drug-likeness (QED) is 0.786. The van der Waals surface area contributed by atoms with E-state index in [1.54, 1.807) is 7.11 Å². The number of para-hydroxylation sites is 1. The molecule has 1 amide bonds. The fourth-order valence-corrected chi connectivity index (χ4v) is 1.75. The van der Waals surface area contributed by atoms with E-state index in [0.717, 1.165) is 11.3 Å². The Morgan fingerprint density at radius 1 is 1.39 bits per heavy atom. The van der Waals surface area contributed by atoms with Crippen LogP contribution >= 0.6 is 0 Å². The predicted octanol–water partition coefficient (Wildman–Crippen LogP) is 2.04. The summed E-state index contributed by atoms with van der Waals surface area (Å²) in [5.74, 6) is 0.0927. The zero-order chi connectivity index (χ0) is 13.5. The van der Waals surface area contributed by atoms with Crippen molar-refractivity contribution in [1.29, 1.82) is 0 Å². The molecule has 0 heterocycles. The van der Waals surface area contributed by atoms with Gasteiger partial charge in [0.2, 0.25) is 5.91 Å². The predicted molar refractivity (Wildman–Crippen MR) is 73.0 cm³/mol. The number of anilines is 1. The summed E-state index contributed by atoms with van der Waals surface area (Å²) >= 11 is 0. The van der Waals surface area contributed by atoms with Gasteiger partial charge in [-0.15, -0.1) is 0 Å². The number of carbonyl (C=O) groups is 1. The molecule has 1 rings (SSSR count). The van der Waals surface area contributed by atoms with Crippen molar-refractivity contribution in [3.05, 3.63) is 29.8 Å². The van der Waals surface area contributed by atoms with E-state index < -0.39 is 0 Å². The van der Waals surface area contributed by atoms with Crippen molar-refractivity contribution in [2.45, 2.75) is 32.9 Å². The number of nitrogens with two attached hydrogens (primary N) is 1. The van der Waals surface area contributed by atoms with Gasteiger partial charge in [-0.1, -0.05) is 18.2 Å². The lowest BCUT2D eigenvalue weighted by Crippen LogP contribution is -2.37. The van der Waals surface area contributed by atoms with Gasteiger partial charge in [-0.05, 0) is 25.5 Å². The molecule has 1 aromatic rings. The Bertz CT molecular complexity index is 391. The molecule has 0 radical (unpaired) electrons. The van der Waals surface area contributed by atoms with Crippen molar-refractivity contribution >= 4 is 11.6 Å². The minimum absolute atomic E-state index is 0.0927. The van der Waals surface area contributed by atoms with E-state index in [1.165, 1.54) is 0 Å². The first kappa shape index (κ1) is 14.5. The van der Waals surface area contributed by atoms with Gasteiger partial charge < -0.3 is 15.4 Å². The third kappa shape index (κ3) is 4.04.